The van der Waals surface area contributed by atoms with E-state index in [2.05, 4.69) is 15.1 Å². The number of nitrogens with two attached hydrogens (primary N) is 1. The Bertz CT molecular complexity index is 1020. The fourth-order valence-corrected chi connectivity index (χ4v) is 4.09. The highest BCUT2D eigenvalue weighted by Gasteiger charge is 2.17. The quantitative estimate of drug-likeness (QED) is 0.676. The Hall–Kier alpha value is -2.52. The Morgan fingerprint density at radius 1 is 1.27 bits per heavy atom. The van der Waals surface area contributed by atoms with Crippen LogP contribution < -0.4 is 10.6 Å². The molecule has 0 spiro atoms. The maximum atomic E-state index is 12.3. The number of fused-ring (bicyclic) bond motifs is 1. The van der Waals surface area contributed by atoms with Crippen molar-refractivity contribution in [2.75, 3.05) is 31.3 Å². The van der Waals surface area contributed by atoms with E-state index in [1.807, 2.05) is 38.1 Å². The largest absolute Gasteiger partial charge is 0.362 e. The topological polar surface area (TPSA) is 113 Å². The summed E-state index contributed by atoms with van der Waals surface area (Å²) in [6.45, 7) is 2.20. The molecule has 0 amide bonds. The molecular weight excluding hydrogens is 350 g/mol. The zero-order valence-corrected chi connectivity index (χ0v) is 16.0. The average Bonchev–Trinajstić information content (AvgIpc) is 3.03. The van der Waals surface area contributed by atoms with E-state index in [4.69, 9.17) is 10.5 Å². The fraction of sp³-hybridized carbons (Fsp3) is 0.353. The van der Waals surface area contributed by atoms with Crippen LogP contribution in [0.1, 0.15) is 16.8 Å². The van der Waals surface area contributed by atoms with E-state index >= 15 is 0 Å². The Kier molecular flexibility index (Phi) is 4.92. The summed E-state index contributed by atoms with van der Waals surface area (Å²) in [5, 5.41) is 4.28. The third-order valence-corrected chi connectivity index (χ3v) is 6.06. The van der Waals surface area contributed by atoms with Gasteiger partial charge in [-0.3, -0.25) is 0 Å². The van der Waals surface area contributed by atoms with Gasteiger partial charge in [-0.1, -0.05) is 12.1 Å². The monoisotopic (exact) mass is 373 g/mol. The van der Waals surface area contributed by atoms with Crippen LogP contribution in [0.3, 0.4) is 0 Å². The number of benzene rings is 1. The lowest BCUT2D eigenvalue weighted by Gasteiger charge is -2.20. The normalized spacial score (nSPS) is 13.7. The molecule has 2 heterocycles. The van der Waals surface area contributed by atoms with Gasteiger partial charge in [0, 0.05) is 49.0 Å². The van der Waals surface area contributed by atoms with Crippen molar-refractivity contribution in [2.45, 2.75) is 18.2 Å². The first-order valence-electron chi connectivity index (χ1n) is 8.25. The lowest BCUT2D eigenvalue weighted by atomic mass is 10.0. The number of hydrogen-bond donors (Lipinski definition) is 2. The molecule has 0 bridgehead atoms. The van der Waals surface area contributed by atoms with Crippen LogP contribution >= 0.6 is 0 Å². The van der Waals surface area contributed by atoms with E-state index in [1.54, 1.807) is 16.6 Å². The number of anilines is 1. The van der Waals surface area contributed by atoms with Crippen LogP contribution in [0.2, 0.25) is 0 Å². The number of aromatic nitrogens is 4. The molecule has 1 aromatic carbocycles. The first-order valence-corrected chi connectivity index (χ1v) is 9.98. The minimum absolute atomic E-state index is 0.170. The zero-order valence-electron chi connectivity index (χ0n) is 15.1. The smallest absolute Gasteiger partial charge is 0.254 e. The second-order valence-electron chi connectivity index (χ2n) is 6.35. The summed E-state index contributed by atoms with van der Waals surface area (Å²) in [5.74, 6) is 1.67. The standard InChI is InChI=1S/C17H23N7OS/c1-12-15(16(23(2)3)24-17(22-12)20-11-21-24)10-13-4-6-14(7-5-13)26(19,25)9-8-18/h4-7,11,19H,8-10,18H2,1-3H3. The highest BCUT2D eigenvalue weighted by atomic mass is 32.2. The van der Waals surface area contributed by atoms with Crippen LogP contribution in [0, 0.1) is 11.7 Å². The first kappa shape index (κ1) is 18.3. The summed E-state index contributed by atoms with van der Waals surface area (Å²) in [4.78, 5) is 11.2. The number of rotatable bonds is 6. The molecule has 9 heteroatoms. The van der Waals surface area contributed by atoms with Gasteiger partial charge in [-0.25, -0.2) is 14.0 Å². The molecule has 0 aliphatic carbocycles. The molecule has 0 aliphatic heterocycles. The lowest BCUT2D eigenvalue weighted by molar-refractivity contribution is 0.674. The van der Waals surface area contributed by atoms with Crippen molar-refractivity contribution in [3.05, 3.63) is 47.4 Å². The maximum absolute atomic E-state index is 12.3. The van der Waals surface area contributed by atoms with Crippen LogP contribution in [0.5, 0.6) is 0 Å². The number of hydrogen-bond acceptors (Lipinski definition) is 7. The SMILES string of the molecule is Cc1nc2ncnn2c(N(C)C)c1Cc1ccc(S(=N)(=O)CCN)cc1. The third-order valence-electron chi connectivity index (χ3n) is 4.22. The third kappa shape index (κ3) is 3.40. The van der Waals surface area contributed by atoms with E-state index in [0.717, 1.165) is 22.6 Å². The Morgan fingerprint density at radius 3 is 2.58 bits per heavy atom. The van der Waals surface area contributed by atoms with Gasteiger partial charge in [-0.05, 0) is 24.6 Å². The molecule has 138 valence electrons. The summed E-state index contributed by atoms with van der Waals surface area (Å²) in [6.07, 6.45) is 2.15. The van der Waals surface area contributed by atoms with Gasteiger partial charge in [0.15, 0.2) is 0 Å². The van der Waals surface area contributed by atoms with Crippen molar-refractivity contribution in [1.29, 1.82) is 4.78 Å². The van der Waals surface area contributed by atoms with Crippen LogP contribution in [0.15, 0.2) is 35.5 Å². The molecule has 3 N–H and O–H groups in total. The number of aryl methyl sites for hydroxylation is 1. The van der Waals surface area contributed by atoms with Crippen LogP contribution in [0.4, 0.5) is 5.82 Å². The Balaban J connectivity index is 1.99. The predicted molar refractivity (Wildman–Crippen MR) is 102 cm³/mol. The molecular formula is C17H23N7OS. The highest BCUT2D eigenvalue weighted by Crippen LogP contribution is 2.25. The van der Waals surface area contributed by atoms with Crippen molar-refractivity contribution >= 4 is 21.3 Å². The van der Waals surface area contributed by atoms with Crippen LogP contribution in [-0.2, 0) is 16.1 Å². The van der Waals surface area contributed by atoms with Gasteiger partial charge in [0.1, 0.15) is 12.1 Å². The van der Waals surface area contributed by atoms with Crippen molar-refractivity contribution in [1.82, 2.24) is 19.6 Å². The van der Waals surface area contributed by atoms with Crippen LogP contribution in [0.25, 0.3) is 5.78 Å². The molecule has 3 rings (SSSR count). The molecule has 1 atom stereocenters. The predicted octanol–water partition coefficient (Wildman–Crippen LogP) is 1.45. The van der Waals surface area contributed by atoms with Gasteiger partial charge in [0.2, 0.25) is 0 Å². The molecule has 2 aromatic heterocycles. The Labute approximate surface area is 153 Å². The van der Waals surface area contributed by atoms with Crippen molar-refractivity contribution in [3.8, 4) is 0 Å². The average molecular weight is 373 g/mol. The molecule has 0 aliphatic rings. The second-order valence-corrected chi connectivity index (χ2v) is 8.58. The minimum Gasteiger partial charge on any atom is -0.362 e. The summed E-state index contributed by atoms with van der Waals surface area (Å²) in [6, 6.07) is 7.33. The molecule has 0 saturated carbocycles. The lowest BCUT2D eigenvalue weighted by Crippen LogP contribution is -2.18. The fourth-order valence-electron chi connectivity index (χ4n) is 2.95. The van der Waals surface area contributed by atoms with Gasteiger partial charge in [-0.15, -0.1) is 0 Å². The van der Waals surface area contributed by atoms with Crippen LogP contribution in [-0.4, -0.2) is 50.2 Å². The number of nitrogens with zero attached hydrogens (tertiary/aromatic N) is 5. The van der Waals surface area contributed by atoms with Gasteiger partial charge in [0.25, 0.3) is 5.78 Å². The summed E-state index contributed by atoms with van der Waals surface area (Å²) >= 11 is 0. The van der Waals surface area contributed by atoms with Gasteiger partial charge >= 0.3 is 0 Å². The van der Waals surface area contributed by atoms with Crippen molar-refractivity contribution < 1.29 is 4.21 Å². The van der Waals surface area contributed by atoms with E-state index < -0.39 is 9.73 Å². The Morgan fingerprint density at radius 2 is 1.96 bits per heavy atom. The highest BCUT2D eigenvalue weighted by molar-refractivity contribution is 7.92. The molecule has 0 radical (unpaired) electrons. The van der Waals surface area contributed by atoms with Crippen molar-refractivity contribution in [2.24, 2.45) is 5.73 Å². The molecule has 8 nitrogen and oxygen atoms in total. The first-order chi connectivity index (χ1) is 12.3. The van der Waals surface area contributed by atoms with Gasteiger partial charge < -0.3 is 10.6 Å². The van der Waals surface area contributed by atoms with Crippen molar-refractivity contribution in [3.63, 3.8) is 0 Å². The van der Waals surface area contributed by atoms with E-state index in [0.29, 0.717) is 17.1 Å². The molecule has 0 saturated heterocycles. The summed E-state index contributed by atoms with van der Waals surface area (Å²) < 4.78 is 22.0. The molecule has 0 fully saturated rings. The molecule has 3 aromatic rings. The van der Waals surface area contributed by atoms with Gasteiger partial charge in [-0.2, -0.15) is 14.6 Å². The summed E-state index contributed by atoms with van der Waals surface area (Å²) in [5.41, 5.74) is 8.45. The van der Waals surface area contributed by atoms with E-state index in [-0.39, 0.29) is 12.3 Å². The minimum atomic E-state index is -2.82. The maximum Gasteiger partial charge on any atom is 0.254 e. The zero-order chi connectivity index (χ0) is 18.9. The molecule has 1 unspecified atom stereocenters. The second kappa shape index (κ2) is 7.00. The summed E-state index contributed by atoms with van der Waals surface area (Å²) in [7, 11) is 1.11. The number of nitrogens with one attached hydrogen (secondary N) is 1. The van der Waals surface area contributed by atoms with E-state index in [1.165, 1.54) is 6.33 Å². The van der Waals surface area contributed by atoms with E-state index in [9.17, 15) is 4.21 Å². The molecule has 26 heavy (non-hydrogen) atoms. The van der Waals surface area contributed by atoms with Gasteiger partial charge in [0.05, 0.1) is 9.73 Å².